The van der Waals surface area contributed by atoms with Gasteiger partial charge in [0.15, 0.2) is 0 Å². The second kappa shape index (κ2) is 7.45. The van der Waals surface area contributed by atoms with Gasteiger partial charge < -0.3 is 14.4 Å². The summed E-state index contributed by atoms with van der Waals surface area (Å²) in [6.45, 7) is 10.5. The van der Waals surface area contributed by atoms with E-state index >= 15 is 0 Å². The van der Waals surface area contributed by atoms with E-state index in [9.17, 15) is 0 Å². The molecule has 0 radical (unpaired) electrons. The number of aryl methyl sites for hydroxylation is 1. The lowest BCUT2D eigenvalue weighted by Gasteiger charge is -2.33. The molecule has 1 saturated heterocycles. The van der Waals surface area contributed by atoms with E-state index in [1.807, 2.05) is 0 Å². The van der Waals surface area contributed by atoms with E-state index in [1.165, 1.54) is 28.6 Å². The first kappa shape index (κ1) is 19.2. The van der Waals surface area contributed by atoms with Crippen LogP contribution in [0.4, 0.5) is 5.82 Å². The first-order chi connectivity index (χ1) is 14.1. The van der Waals surface area contributed by atoms with Gasteiger partial charge in [-0.1, -0.05) is 13.3 Å². The fourth-order valence-corrected chi connectivity index (χ4v) is 5.61. The van der Waals surface area contributed by atoms with Crippen LogP contribution >= 0.6 is 11.3 Å². The van der Waals surface area contributed by atoms with Crippen molar-refractivity contribution in [3.8, 4) is 0 Å². The number of rotatable bonds is 4. The molecule has 3 aromatic rings. The fourth-order valence-electron chi connectivity index (χ4n) is 4.41. The van der Waals surface area contributed by atoms with Gasteiger partial charge in [-0.15, -0.1) is 11.3 Å². The second-order valence-corrected chi connectivity index (χ2v) is 9.60. The second-order valence-electron chi connectivity index (χ2n) is 8.60. The number of unbranched alkanes of at least 4 members (excludes halogenated alkanes) is 1. The Kier molecular flexibility index (Phi) is 4.92. The molecule has 0 N–H and O–H groups in total. The van der Waals surface area contributed by atoms with Gasteiger partial charge in [0.2, 0.25) is 0 Å². The zero-order chi connectivity index (χ0) is 20.0. The molecule has 0 unspecified atom stereocenters. The lowest BCUT2D eigenvalue weighted by Crippen LogP contribution is -2.36. The molecule has 154 valence electrons. The summed E-state index contributed by atoms with van der Waals surface area (Å²) in [7, 11) is 0. The van der Waals surface area contributed by atoms with Crippen LogP contribution in [0.5, 0.6) is 0 Å². The summed E-state index contributed by atoms with van der Waals surface area (Å²) in [4.78, 5) is 17.9. The Hall–Kier alpha value is -1.83. The highest BCUT2D eigenvalue weighted by molar-refractivity contribution is 7.26. The third-order valence-electron chi connectivity index (χ3n) is 5.97. The minimum Gasteiger partial charge on any atom is -0.378 e. The van der Waals surface area contributed by atoms with Crippen LogP contribution in [0.15, 0.2) is 6.33 Å². The maximum Gasteiger partial charge on any atom is 0.150 e. The highest BCUT2D eigenvalue weighted by Crippen LogP contribution is 2.43. The maximum absolute atomic E-state index is 6.18. The molecule has 0 saturated carbocycles. The number of fused-ring (bicyclic) bond motifs is 5. The van der Waals surface area contributed by atoms with Crippen LogP contribution in [0.1, 0.15) is 50.4 Å². The average Bonchev–Trinajstić information content (AvgIpc) is 3.10. The van der Waals surface area contributed by atoms with Crippen molar-refractivity contribution < 1.29 is 9.47 Å². The van der Waals surface area contributed by atoms with Crippen LogP contribution in [0.25, 0.3) is 20.4 Å². The van der Waals surface area contributed by atoms with Crippen LogP contribution in [0.3, 0.4) is 0 Å². The monoisotopic (exact) mass is 412 g/mol. The third-order valence-corrected chi connectivity index (χ3v) is 7.04. The molecule has 7 heteroatoms. The number of nitrogens with zero attached hydrogens (tertiary/aromatic N) is 4. The minimum atomic E-state index is -0.169. The van der Waals surface area contributed by atoms with Crippen molar-refractivity contribution >= 4 is 37.6 Å². The summed E-state index contributed by atoms with van der Waals surface area (Å²) < 4.78 is 12.9. The van der Waals surface area contributed by atoms with E-state index in [1.54, 1.807) is 17.7 Å². The van der Waals surface area contributed by atoms with Gasteiger partial charge in [-0.25, -0.2) is 15.0 Å². The summed E-state index contributed by atoms with van der Waals surface area (Å²) in [6.07, 6.45) is 5.93. The number of aromatic nitrogens is 3. The van der Waals surface area contributed by atoms with Crippen molar-refractivity contribution in [1.29, 1.82) is 0 Å². The Morgan fingerprint density at radius 3 is 2.79 bits per heavy atom. The number of anilines is 1. The van der Waals surface area contributed by atoms with E-state index in [0.29, 0.717) is 6.61 Å². The van der Waals surface area contributed by atoms with Gasteiger partial charge in [0.1, 0.15) is 17.0 Å². The molecule has 5 rings (SSSR count). The van der Waals surface area contributed by atoms with E-state index in [2.05, 4.69) is 30.7 Å². The van der Waals surface area contributed by atoms with E-state index < -0.39 is 0 Å². The maximum atomic E-state index is 6.18. The van der Waals surface area contributed by atoms with Crippen molar-refractivity contribution in [3.05, 3.63) is 23.1 Å². The summed E-state index contributed by atoms with van der Waals surface area (Å²) in [6, 6.07) is 0. The third kappa shape index (κ3) is 3.39. The molecule has 5 heterocycles. The molecular formula is C22H28N4O2S. The van der Waals surface area contributed by atoms with Gasteiger partial charge in [0, 0.05) is 36.2 Å². The Morgan fingerprint density at radius 1 is 1.17 bits per heavy atom. The Balaban J connectivity index is 1.74. The largest absolute Gasteiger partial charge is 0.378 e. The quantitative estimate of drug-likeness (QED) is 0.638. The topological polar surface area (TPSA) is 60.4 Å². The molecule has 29 heavy (non-hydrogen) atoms. The molecule has 0 aromatic carbocycles. The van der Waals surface area contributed by atoms with Gasteiger partial charge in [0.25, 0.3) is 0 Å². The SMILES string of the molecule is CCCCc1nc2sc3c(N4CCOCC4)ncnc3c2c2c1COC(C)(C)C2. The van der Waals surface area contributed by atoms with Gasteiger partial charge in [-0.2, -0.15) is 0 Å². The zero-order valence-electron chi connectivity index (χ0n) is 17.5. The number of pyridine rings is 1. The molecule has 1 fully saturated rings. The van der Waals surface area contributed by atoms with E-state index in [4.69, 9.17) is 19.4 Å². The fraction of sp³-hybridized carbons (Fsp3) is 0.591. The number of thiophene rings is 1. The van der Waals surface area contributed by atoms with Crippen LogP contribution < -0.4 is 4.90 Å². The first-order valence-electron chi connectivity index (χ1n) is 10.6. The summed E-state index contributed by atoms with van der Waals surface area (Å²) in [5.74, 6) is 1.02. The van der Waals surface area contributed by atoms with Crippen molar-refractivity contribution in [2.45, 2.75) is 58.7 Å². The standard InChI is InChI=1S/C22H28N4O2S/c1-4-5-6-16-15-12-28-22(2,3)11-14(15)17-18-19(29-21(17)25-16)20(24-13-23-18)26-7-9-27-10-8-26/h13H,4-12H2,1-3H3. The lowest BCUT2D eigenvalue weighted by atomic mass is 9.88. The van der Waals surface area contributed by atoms with Crippen LogP contribution in [-0.4, -0.2) is 46.9 Å². The number of morpholine rings is 1. The first-order valence-corrected chi connectivity index (χ1v) is 11.4. The van der Waals surface area contributed by atoms with E-state index in [-0.39, 0.29) is 5.60 Å². The van der Waals surface area contributed by atoms with Crippen molar-refractivity contribution in [2.75, 3.05) is 31.2 Å². The summed E-state index contributed by atoms with van der Waals surface area (Å²) in [5, 5.41) is 1.22. The Labute approximate surface area is 175 Å². The molecule has 0 aliphatic carbocycles. The molecule has 6 nitrogen and oxygen atoms in total. The van der Waals surface area contributed by atoms with E-state index in [0.717, 1.165) is 66.4 Å². The van der Waals surface area contributed by atoms with Gasteiger partial charge in [0.05, 0.1) is 35.6 Å². The Morgan fingerprint density at radius 2 is 2.00 bits per heavy atom. The molecule has 3 aromatic heterocycles. The highest BCUT2D eigenvalue weighted by Gasteiger charge is 2.32. The Bertz CT molecular complexity index is 1060. The van der Waals surface area contributed by atoms with Crippen molar-refractivity contribution in [1.82, 2.24) is 15.0 Å². The molecule has 0 amide bonds. The summed E-state index contributed by atoms with van der Waals surface area (Å²) in [5.41, 5.74) is 4.76. The van der Waals surface area contributed by atoms with Gasteiger partial charge in [-0.3, -0.25) is 0 Å². The molecule has 0 spiro atoms. The van der Waals surface area contributed by atoms with Crippen LogP contribution in [0.2, 0.25) is 0 Å². The number of hydrogen-bond donors (Lipinski definition) is 0. The van der Waals surface area contributed by atoms with Crippen molar-refractivity contribution in [2.24, 2.45) is 0 Å². The van der Waals surface area contributed by atoms with Crippen molar-refractivity contribution in [3.63, 3.8) is 0 Å². The smallest absolute Gasteiger partial charge is 0.150 e. The predicted molar refractivity (Wildman–Crippen MR) is 117 cm³/mol. The molecule has 2 aliphatic rings. The molecular weight excluding hydrogens is 384 g/mol. The molecule has 0 bridgehead atoms. The lowest BCUT2D eigenvalue weighted by molar-refractivity contribution is -0.0401. The van der Waals surface area contributed by atoms with Gasteiger partial charge >= 0.3 is 0 Å². The highest BCUT2D eigenvalue weighted by atomic mass is 32.1. The van der Waals surface area contributed by atoms with Crippen LogP contribution in [-0.2, 0) is 28.9 Å². The minimum absolute atomic E-state index is 0.169. The zero-order valence-corrected chi connectivity index (χ0v) is 18.3. The number of ether oxygens (including phenoxy) is 2. The predicted octanol–water partition coefficient (Wildman–Crippen LogP) is 4.27. The average molecular weight is 413 g/mol. The normalized spacial score (nSPS) is 19.1. The van der Waals surface area contributed by atoms with Crippen LogP contribution in [0, 0.1) is 0 Å². The number of hydrogen-bond acceptors (Lipinski definition) is 7. The molecule has 2 aliphatic heterocycles. The molecule has 0 atom stereocenters. The van der Waals surface area contributed by atoms with Gasteiger partial charge in [-0.05, 0) is 32.3 Å². The summed E-state index contributed by atoms with van der Waals surface area (Å²) >= 11 is 1.74.